The lowest BCUT2D eigenvalue weighted by atomic mass is 10.1. The zero-order valence-corrected chi connectivity index (χ0v) is 12.5. The number of benzene rings is 2. The Kier molecular flexibility index (Phi) is 4.62. The van der Waals surface area contributed by atoms with Crippen LogP contribution in [0.2, 0.25) is 5.02 Å². The van der Waals surface area contributed by atoms with Gasteiger partial charge in [0.05, 0.1) is 0 Å². The molecule has 0 bridgehead atoms. The summed E-state index contributed by atoms with van der Waals surface area (Å²) >= 11 is 8.97. The van der Waals surface area contributed by atoms with Crippen molar-refractivity contribution in [1.29, 1.82) is 0 Å². The van der Waals surface area contributed by atoms with Crippen molar-refractivity contribution in [1.82, 2.24) is 0 Å². The van der Waals surface area contributed by atoms with Gasteiger partial charge < -0.3 is 10.4 Å². The summed E-state index contributed by atoms with van der Waals surface area (Å²) in [6.07, 6.45) is 0. The van der Waals surface area contributed by atoms with E-state index in [0.29, 0.717) is 15.2 Å². The van der Waals surface area contributed by atoms with Crippen LogP contribution >= 0.6 is 27.5 Å². The Morgan fingerprint density at radius 2 is 1.90 bits per heavy atom. The molecular weight excluding hydrogens is 349 g/mol. The maximum atomic E-state index is 13.8. The van der Waals surface area contributed by atoms with Crippen molar-refractivity contribution < 1.29 is 14.3 Å². The standard InChI is InChI=1S/C14H10BrClFNO2/c15-8-1-6-12(17)11(7-8)13(14(19)20)18-10-4-2-9(16)3-5-10/h1-7,13,18H,(H,19,20). The SMILES string of the molecule is O=C(O)C(Nc1ccc(Cl)cc1)c1cc(Br)ccc1F. The van der Waals surface area contributed by atoms with Gasteiger partial charge in [-0.15, -0.1) is 0 Å². The average Bonchev–Trinajstić information content (AvgIpc) is 2.41. The lowest BCUT2D eigenvalue weighted by molar-refractivity contribution is -0.138. The van der Waals surface area contributed by atoms with Gasteiger partial charge in [0, 0.05) is 20.7 Å². The van der Waals surface area contributed by atoms with E-state index >= 15 is 0 Å². The second-order valence-electron chi connectivity index (χ2n) is 4.09. The number of hydrogen-bond acceptors (Lipinski definition) is 2. The summed E-state index contributed by atoms with van der Waals surface area (Å²) in [7, 11) is 0. The summed E-state index contributed by atoms with van der Waals surface area (Å²) in [6, 6.07) is 9.51. The van der Waals surface area contributed by atoms with Crippen LogP contribution in [0.4, 0.5) is 10.1 Å². The molecule has 0 amide bonds. The van der Waals surface area contributed by atoms with E-state index in [1.54, 1.807) is 24.3 Å². The van der Waals surface area contributed by atoms with Crippen LogP contribution in [-0.4, -0.2) is 11.1 Å². The molecule has 104 valence electrons. The molecule has 2 N–H and O–H groups in total. The maximum absolute atomic E-state index is 13.8. The van der Waals surface area contributed by atoms with E-state index < -0.39 is 17.8 Å². The minimum atomic E-state index is -1.19. The van der Waals surface area contributed by atoms with Gasteiger partial charge in [0.2, 0.25) is 0 Å². The quantitative estimate of drug-likeness (QED) is 0.847. The highest BCUT2D eigenvalue weighted by atomic mass is 79.9. The first-order valence-corrected chi connectivity index (χ1v) is 6.84. The van der Waals surface area contributed by atoms with Crippen LogP contribution < -0.4 is 5.32 Å². The smallest absolute Gasteiger partial charge is 0.330 e. The number of rotatable bonds is 4. The second kappa shape index (κ2) is 6.24. The first kappa shape index (κ1) is 14.8. The van der Waals surface area contributed by atoms with Crippen LogP contribution in [0.15, 0.2) is 46.9 Å². The molecule has 0 saturated heterocycles. The lowest BCUT2D eigenvalue weighted by Gasteiger charge is -2.17. The Balaban J connectivity index is 2.34. The second-order valence-corrected chi connectivity index (χ2v) is 5.44. The van der Waals surface area contributed by atoms with Gasteiger partial charge in [-0.3, -0.25) is 0 Å². The van der Waals surface area contributed by atoms with E-state index in [-0.39, 0.29) is 5.56 Å². The molecule has 2 aromatic rings. The van der Waals surface area contributed by atoms with Crippen molar-refractivity contribution in [2.75, 3.05) is 5.32 Å². The van der Waals surface area contributed by atoms with Gasteiger partial charge in [0.25, 0.3) is 0 Å². The van der Waals surface area contributed by atoms with Crippen LogP contribution in [0.25, 0.3) is 0 Å². The van der Waals surface area contributed by atoms with E-state index in [2.05, 4.69) is 21.2 Å². The van der Waals surface area contributed by atoms with Crippen LogP contribution in [0.3, 0.4) is 0 Å². The molecule has 0 heterocycles. The Bertz CT molecular complexity index is 634. The van der Waals surface area contributed by atoms with Crippen molar-refractivity contribution in [3.05, 3.63) is 63.3 Å². The molecule has 20 heavy (non-hydrogen) atoms. The number of carbonyl (C=O) groups is 1. The molecule has 1 unspecified atom stereocenters. The van der Waals surface area contributed by atoms with Gasteiger partial charge in [0.15, 0.2) is 6.04 Å². The maximum Gasteiger partial charge on any atom is 0.330 e. The zero-order chi connectivity index (χ0) is 14.7. The molecule has 2 aromatic carbocycles. The fourth-order valence-electron chi connectivity index (χ4n) is 1.72. The number of nitrogens with one attached hydrogen (secondary N) is 1. The normalized spacial score (nSPS) is 11.9. The molecule has 2 rings (SSSR count). The first-order chi connectivity index (χ1) is 9.47. The van der Waals surface area contributed by atoms with E-state index in [1.165, 1.54) is 18.2 Å². The third kappa shape index (κ3) is 3.49. The molecule has 3 nitrogen and oxygen atoms in total. The highest BCUT2D eigenvalue weighted by molar-refractivity contribution is 9.10. The predicted molar refractivity (Wildman–Crippen MR) is 79.6 cm³/mol. The molecule has 0 spiro atoms. The fraction of sp³-hybridized carbons (Fsp3) is 0.0714. The van der Waals surface area contributed by atoms with Crippen LogP contribution in [0.1, 0.15) is 11.6 Å². The Hall–Kier alpha value is -1.59. The summed E-state index contributed by atoms with van der Waals surface area (Å²) in [5.74, 6) is -1.75. The number of aliphatic carboxylic acids is 1. The summed E-state index contributed by atoms with van der Waals surface area (Å²) in [6.45, 7) is 0. The zero-order valence-electron chi connectivity index (χ0n) is 10.1. The molecule has 0 aliphatic heterocycles. The van der Waals surface area contributed by atoms with Gasteiger partial charge in [-0.25, -0.2) is 9.18 Å². The number of halogens is 3. The number of carboxylic acid groups (broad SMARTS) is 1. The first-order valence-electron chi connectivity index (χ1n) is 5.67. The van der Waals surface area contributed by atoms with Crippen LogP contribution in [-0.2, 0) is 4.79 Å². The molecule has 0 fully saturated rings. The van der Waals surface area contributed by atoms with Crippen molar-refractivity contribution in [3.8, 4) is 0 Å². The van der Waals surface area contributed by atoms with Crippen molar-refractivity contribution in [3.63, 3.8) is 0 Å². The Morgan fingerprint density at radius 1 is 1.25 bits per heavy atom. The minimum absolute atomic E-state index is 0.0572. The van der Waals surface area contributed by atoms with Gasteiger partial charge in [-0.2, -0.15) is 0 Å². The van der Waals surface area contributed by atoms with Crippen LogP contribution in [0, 0.1) is 5.82 Å². The number of hydrogen-bond donors (Lipinski definition) is 2. The summed E-state index contributed by atoms with van der Waals surface area (Å²) in [5, 5.41) is 12.6. The van der Waals surface area contributed by atoms with Gasteiger partial charge in [-0.1, -0.05) is 27.5 Å². The van der Waals surface area contributed by atoms with E-state index in [0.717, 1.165) is 0 Å². The molecule has 1 atom stereocenters. The largest absolute Gasteiger partial charge is 0.479 e. The van der Waals surface area contributed by atoms with Crippen LogP contribution in [0.5, 0.6) is 0 Å². The highest BCUT2D eigenvalue weighted by Crippen LogP contribution is 2.26. The average molecular weight is 359 g/mol. The van der Waals surface area contributed by atoms with E-state index in [4.69, 9.17) is 11.6 Å². The monoisotopic (exact) mass is 357 g/mol. The molecule has 0 aliphatic carbocycles. The predicted octanol–water partition coefficient (Wildman–Crippen LogP) is 4.48. The highest BCUT2D eigenvalue weighted by Gasteiger charge is 2.23. The minimum Gasteiger partial charge on any atom is -0.479 e. The number of anilines is 1. The van der Waals surface area contributed by atoms with E-state index in [9.17, 15) is 14.3 Å². The topological polar surface area (TPSA) is 49.3 Å². The van der Waals surface area contributed by atoms with E-state index in [1.807, 2.05) is 0 Å². The number of carboxylic acids is 1. The van der Waals surface area contributed by atoms with Crippen molar-refractivity contribution in [2.24, 2.45) is 0 Å². The van der Waals surface area contributed by atoms with Gasteiger partial charge in [0.1, 0.15) is 5.82 Å². The summed E-state index contributed by atoms with van der Waals surface area (Å²) in [4.78, 5) is 11.4. The summed E-state index contributed by atoms with van der Waals surface area (Å²) in [5.41, 5.74) is 0.600. The Labute approximate surface area is 128 Å². The van der Waals surface area contributed by atoms with Crippen molar-refractivity contribution >= 4 is 39.2 Å². The lowest BCUT2D eigenvalue weighted by Crippen LogP contribution is -2.21. The molecule has 0 aromatic heterocycles. The molecule has 6 heteroatoms. The molecule has 0 radical (unpaired) electrons. The molecule has 0 aliphatic rings. The molecular formula is C14H10BrClFNO2. The Morgan fingerprint density at radius 3 is 2.50 bits per heavy atom. The summed E-state index contributed by atoms with van der Waals surface area (Å²) < 4.78 is 14.4. The molecule has 0 saturated carbocycles. The van der Waals surface area contributed by atoms with Gasteiger partial charge >= 0.3 is 5.97 Å². The van der Waals surface area contributed by atoms with Crippen molar-refractivity contribution in [2.45, 2.75) is 6.04 Å². The third-order valence-corrected chi connectivity index (χ3v) is 3.42. The van der Waals surface area contributed by atoms with Gasteiger partial charge in [-0.05, 0) is 42.5 Å². The fourth-order valence-corrected chi connectivity index (χ4v) is 2.23. The third-order valence-electron chi connectivity index (χ3n) is 2.67.